The molecule has 0 saturated heterocycles. The van der Waals surface area contributed by atoms with E-state index in [1.54, 1.807) is 24.3 Å². The molecule has 0 aromatic heterocycles. The molecule has 1 aliphatic heterocycles. The molecule has 5 nitrogen and oxygen atoms in total. The van der Waals surface area contributed by atoms with E-state index in [1.165, 1.54) is 0 Å². The van der Waals surface area contributed by atoms with Crippen molar-refractivity contribution in [3.8, 4) is 0 Å². The van der Waals surface area contributed by atoms with Gasteiger partial charge in [-0.25, -0.2) is 4.99 Å². The average Bonchev–Trinajstić information content (AvgIpc) is 2.94. The molecule has 2 aromatic carbocycles. The maximum atomic E-state index is 12.5. The molecule has 0 radical (unpaired) electrons. The zero-order valence-corrected chi connectivity index (χ0v) is 14.1. The first-order chi connectivity index (χ1) is 11.5. The molecule has 0 spiro atoms. The van der Waals surface area contributed by atoms with Crippen LogP contribution in [0.15, 0.2) is 65.7 Å². The van der Waals surface area contributed by atoms with Gasteiger partial charge >= 0.3 is 0 Å². The minimum absolute atomic E-state index is 0.339. The predicted octanol–water partition coefficient (Wildman–Crippen LogP) is 2.25. The van der Waals surface area contributed by atoms with Crippen LogP contribution in [0, 0.1) is 0 Å². The van der Waals surface area contributed by atoms with E-state index in [-0.39, 0.29) is 5.91 Å². The van der Waals surface area contributed by atoms with Crippen molar-refractivity contribution >= 4 is 34.9 Å². The fourth-order valence-corrected chi connectivity index (χ4v) is 2.96. The normalized spacial score (nSPS) is 22.8. The number of aliphatic imine (C=N–C) groups is 1. The zero-order chi connectivity index (χ0) is 17.2. The molecule has 1 amide bonds. The Kier molecular flexibility index (Phi) is 4.76. The smallest absolute Gasteiger partial charge is 0.253 e. The van der Waals surface area contributed by atoms with Gasteiger partial charge in [0.15, 0.2) is 10.5 Å². The van der Waals surface area contributed by atoms with Gasteiger partial charge in [0.05, 0.1) is 0 Å². The number of amides is 1. The van der Waals surface area contributed by atoms with Crippen LogP contribution in [-0.4, -0.2) is 28.4 Å². The molecule has 0 unspecified atom stereocenters. The zero-order valence-electron chi connectivity index (χ0n) is 12.6. The van der Waals surface area contributed by atoms with E-state index < -0.39 is 16.7 Å². The summed E-state index contributed by atoms with van der Waals surface area (Å²) < 4.78 is 0. The number of amidine groups is 1. The monoisotopic (exact) mass is 362 g/mol. The number of nitrogens with two attached hydrogens (primary N) is 1. The van der Waals surface area contributed by atoms with Crippen LogP contribution in [0.5, 0.6) is 0 Å². The number of halogens is 2. The van der Waals surface area contributed by atoms with Crippen LogP contribution >= 0.6 is 23.2 Å². The molecule has 7 heteroatoms. The Morgan fingerprint density at radius 1 is 1.12 bits per heavy atom. The number of alkyl halides is 2. The van der Waals surface area contributed by atoms with E-state index in [0.717, 1.165) is 5.56 Å². The van der Waals surface area contributed by atoms with E-state index in [4.69, 9.17) is 28.9 Å². The van der Waals surface area contributed by atoms with Crippen molar-refractivity contribution in [2.45, 2.75) is 16.7 Å². The highest BCUT2D eigenvalue weighted by Gasteiger charge is 2.49. The number of hydrogen-bond donors (Lipinski definition) is 3. The van der Waals surface area contributed by atoms with Crippen LogP contribution in [-0.2, 0) is 0 Å². The lowest BCUT2D eigenvalue weighted by molar-refractivity contribution is 0.0886. The minimum Gasteiger partial charge on any atom is -0.342 e. The largest absolute Gasteiger partial charge is 0.342 e. The summed E-state index contributed by atoms with van der Waals surface area (Å²) in [5, 5.41) is 5.90. The van der Waals surface area contributed by atoms with Gasteiger partial charge in [-0.3, -0.25) is 4.79 Å². The molecule has 3 rings (SSSR count). The maximum absolute atomic E-state index is 12.5. The van der Waals surface area contributed by atoms with Crippen molar-refractivity contribution in [1.82, 2.24) is 10.6 Å². The van der Waals surface area contributed by atoms with Gasteiger partial charge < -0.3 is 16.4 Å². The molecule has 124 valence electrons. The molecule has 1 heterocycles. The number of carbonyl (C=O) groups is 1. The minimum atomic E-state index is -1.29. The predicted molar refractivity (Wildman–Crippen MR) is 96.2 cm³/mol. The Balaban J connectivity index is 1.87. The first kappa shape index (κ1) is 16.8. The van der Waals surface area contributed by atoms with Crippen LogP contribution in [0.3, 0.4) is 0 Å². The number of carbonyl (C=O) groups excluding carboxylic acids is 1. The molecular formula is C17H16Cl2N4O. The Hall–Kier alpha value is -2.08. The third-order valence-corrected chi connectivity index (χ3v) is 4.50. The lowest BCUT2D eigenvalue weighted by Crippen LogP contribution is -2.69. The number of nitrogens with one attached hydrogen (secondary N) is 2. The van der Waals surface area contributed by atoms with Gasteiger partial charge in [-0.2, -0.15) is 0 Å². The standard InChI is InChI=1S/C17H16Cl2N4O/c18-15(19)17(23-14(24)12-9-5-2-6-10-12)16(20)21-13(22-17)11-7-3-1-4-8-11/h1-10,15-16H,20H2,(H,21,22)(H,23,24)/t16-,17-/m0/s1. The Labute approximate surface area is 149 Å². The summed E-state index contributed by atoms with van der Waals surface area (Å²) in [6, 6.07) is 18.2. The highest BCUT2D eigenvalue weighted by molar-refractivity contribution is 6.45. The summed E-state index contributed by atoms with van der Waals surface area (Å²) in [5.74, 6) is 0.192. The van der Waals surface area contributed by atoms with Crippen molar-refractivity contribution in [2.75, 3.05) is 0 Å². The average molecular weight is 363 g/mol. The summed E-state index contributed by atoms with van der Waals surface area (Å²) in [6.07, 6.45) is -0.833. The summed E-state index contributed by atoms with van der Waals surface area (Å²) in [5.41, 5.74) is 6.16. The number of rotatable bonds is 4. The van der Waals surface area contributed by atoms with Crippen molar-refractivity contribution < 1.29 is 4.79 Å². The van der Waals surface area contributed by atoms with E-state index >= 15 is 0 Å². The third-order valence-electron chi connectivity index (χ3n) is 3.81. The van der Waals surface area contributed by atoms with Crippen LogP contribution < -0.4 is 16.4 Å². The van der Waals surface area contributed by atoms with Gasteiger partial charge in [0.2, 0.25) is 0 Å². The summed E-state index contributed by atoms with van der Waals surface area (Å²) in [7, 11) is 0. The van der Waals surface area contributed by atoms with E-state index in [2.05, 4.69) is 15.6 Å². The summed E-state index contributed by atoms with van der Waals surface area (Å²) in [4.78, 5) is 15.9. The highest BCUT2D eigenvalue weighted by Crippen LogP contribution is 2.27. The molecule has 0 fully saturated rings. The van der Waals surface area contributed by atoms with Gasteiger partial charge in [-0.05, 0) is 12.1 Å². The molecular weight excluding hydrogens is 347 g/mol. The third kappa shape index (κ3) is 3.11. The van der Waals surface area contributed by atoms with Crippen LogP contribution in [0.2, 0.25) is 0 Å². The fraction of sp³-hybridized carbons (Fsp3) is 0.176. The topological polar surface area (TPSA) is 79.5 Å². The first-order valence-corrected chi connectivity index (χ1v) is 8.23. The Morgan fingerprint density at radius 2 is 1.71 bits per heavy atom. The second kappa shape index (κ2) is 6.81. The van der Waals surface area contributed by atoms with Crippen molar-refractivity contribution in [2.24, 2.45) is 10.7 Å². The van der Waals surface area contributed by atoms with E-state index in [1.807, 2.05) is 36.4 Å². The molecule has 0 saturated carbocycles. The Morgan fingerprint density at radius 3 is 2.29 bits per heavy atom. The second-order valence-corrected chi connectivity index (χ2v) is 6.50. The van der Waals surface area contributed by atoms with Gasteiger partial charge in [-0.15, -0.1) is 23.2 Å². The van der Waals surface area contributed by atoms with Gasteiger partial charge in [-0.1, -0.05) is 48.5 Å². The molecule has 0 bridgehead atoms. The van der Waals surface area contributed by atoms with Crippen molar-refractivity contribution in [1.29, 1.82) is 0 Å². The van der Waals surface area contributed by atoms with Gasteiger partial charge in [0.25, 0.3) is 5.91 Å². The molecule has 4 N–H and O–H groups in total. The molecule has 1 aliphatic rings. The SMILES string of the molecule is N[C@H]1N=C(c2ccccc2)N[C@]1(NC(=O)c1ccccc1)C(Cl)Cl. The van der Waals surface area contributed by atoms with Crippen LogP contribution in [0.4, 0.5) is 0 Å². The number of nitrogens with zero attached hydrogens (tertiary/aromatic N) is 1. The summed E-state index contributed by atoms with van der Waals surface area (Å²) >= 11 is 12.3. The summed E-state index contributed by atoms with van der Waals surface area (Å²) in [6.45, 7) is 0. The molecule has 24 heavy (non-hydrogen) atoms. The number of benzene rings is 2. The lowest BCUT2D eigenvalue weighted by atomic mass is 10.1. The first-order valence-electron chi connectivity index (χ1n) is 7.35. The molecule has 2 aromatic rings. The fourth-order valence-electron chi connectivity index (χ4n) is 2.48. The highest BCUT2D eigenvalue weighted by atomic mass is 35.5. The second-order valence-electron chi connectivity index (χ2n) is 5.40. The maximum Gasteiger partial charge on any atom is 0.253 e. The lowest BCUT2D eigenvalue weighted by Gasteiger charge is -2.35. The Bertz CT molecular complexity index is 752. The van der Waals surface area contributed by atoms with Gasteiger partial charge in [0, 0.05) is 11.1 Å². The van der Waals surface area contributed by atoms with Crippen LogP contribution in [0.25, 0.3) is 0 Å². The molecule has 0 aliphatic carbocycles. The van der Waals surface area contributed by atoms with E-state index in [0.29, 0.717) is 11.4 Å². The molecule has 2 atom stereocenters. The quantitative estimate of drug-likeness (QED) is 0.729. The number of hydrogen-bond acceptors (Lipinski definition) is 4. The van der Waals surface area contributed by atoms with Crippen molar-refractivity contribution in [3.63, 3.8) is 0 Å². The van der Waals surface area contributed by atoms with Gasteiger partial charge in [0.1, 0.15) is 12.0 Å². The van der Waals surface area contributed by atoms with E-state index in [9.17, 15) is 4.79 Å². The van der Waals surface area contributed by atoms with Crippen LogP contribution in [0.1, 0.15) is 15.9 Å². The van der Waals surface area contributed by atoms with Crippen molar-refractivity contribution in [3.05, 3.63) is 71.8 Å².